The number of hydrogen-bond donors (Lipinski definition) is 1. The molecule has 0 aliphatic rings. The number of methoxy groups -OCH3 is 1. The quantitative estimate of drug-likeness (QED) is 0.428. The molecule has 0 saturated carbocycles. The fourth-order valence-corrected chi connectivity index (χ4v) is 1.93. The second-order valence-electron chi connectivity index (χ2n) is 4.97. The second kappa shape index (κ2) is 9.41. The maximum atomic E-state index is 13.4. The molecule has 0 unspecified atom stereocenters. The maximum Gasteiger partial charge on any atom is 0.387 e. The van der Waals surface area contributed by atoms with Crippen molar-refractivity contribution in [3.05, 3.63) is 53.6 Å². The summed E-state index contributed by atoms with van der Waals surface area (Å²) in [4.78, 5) is 16.4. The van der Waals surface area contributed by atoms with E-state index in [0.717, 1.165) is 12.1 Å². The summed E-state index contributed by atoms with van der Waals surface area (Å²) in [5, 5.41) is 5.73. The van der Waals surface area contributed by atoms with Gasteiger partial charge in [0.25, 0.3) is 5.91 Å². The molecule has 0 aliphatic carbocycles. The molecule has 2 aromatic rings. The molecule has 27 heavy (non-hydrogen) atoms. The SMILES string of the molecule is COc1cc(/C=N/OCC(=O)Nc2ccc(F)cc2F)ccc1OC(F)F. The second-order valence-corrected chi connectivity index (χ2v) is 4.97. The summed E-state index contributed by atoms with van der Waals surface area (Å²) in [7, 11) is 1.28. The Balaban J connectivity index is 1.88. The number of benzene rings is 2. The van der Waals surface area contributed by atoms with E-state index in [9.17, 15) is 22.4 Å². The van der Waals surface area contributed by atoms with Gasteiger partial charge in [-0.25, -0.2) is 8.78 Å². The molecule has 0 aromatic heterocycles. The molecule has 1 N–H and O–H groups in total. The lowest BCUT2D eigenvalue weighted by Gasteiger charge is -2.09. The van der Waals surface area contributed by atoms with E-state index >= 15 is 0 Å². The van der Waals surface area contributed by atoms with Crippen molar-refractivity contribution in [2.45, 2.75) is 6.61 Å². The van der Waals surface area contributed by atoms with E-state index in [0.29, 0.717) is 11.6 Å². The Morgan fingerprint density at radius 1 is 1.19 bits per heavy atom. The van der Waals surface area contributed by atoms with Crippen LogP contribution < -0.4 is 14.8 Å². The van der Waals surface area contributed by atoms with Gasteiger partial charge in [0.05, 0.1) is 19.0 Å². The van der Waals surface area contributed by atoms with E-state index in [-0.39, 0.29) is 17.2 Å². The molecule has 10 heteroatoms. The van der Waals surface area contributed by atoms with Crippen LogP contribution in [0.15, 0.2) is 41.6 Å². The number of ether oxygens (including phenoxy) is 2. The van der Waals surface area contributed by atoms with E-state index in [2.05, 4.69) is 15.2 Å². The number of carbonyl (C=O) groups excluding carboxylic acids is 1. The van der Waals surface area contributed by atoms with Crippen LogP contribution in [0.2, 0.25) is 0 Å². The van der Waals surface area contributed by atoms with Crippen LogP contribution in [-0.2, 0) is 9.63 Å². The van der Waals surface area contributed by atoms with Gasteiger partial charge < -0.3 is 19.6 Å². The number of anilines is 1. The number of alkyl halides is 2. The number of halogens is 4. The molecule has 0 bridgehead atoms. The van der Waals surface area contributed by atoms with Gasteiger partial charge in [0.1, 0.15) is 11.6 Å². The number of carbonyl (C=O) groups is 1. The Bertz CT molecular complexity index is 831. The van der Waals surface area contributed by atoms with Gasteiger partial charge in [0.15, 0.2) is 18.1 Å². The standard InChI is InChI=1S/C17H14F4N2O4/c1-25-15-6-10(2-5-14(15)27-17(20)21)8-22-26-9-16(24)23-13-4-3-11(18)7-12(13)19/h2-8,17H,9H2,1H3,(H,23,24)/b22-8+. The Kier molecular flexibility index (Phi) is 6.98. The van der Waals surface area contributed by atoms with Crippen LogP contribution in [0.1, 0.15) is 5.56 Å². The summed E-state index contributed by atoms with van der Waals surface area (Å²) in [5.74, 6) is -2.50. The molecular formula is C17H14F4N2O4. The van der Waals surface area contributed by atoms with Crippen LogP contribution in [0.25, 0.3) is 0 Å². The number of oxime groups is 1. The zero-order valence-electron chi connectivity index (χ0n) is 13.9. The number of amides is 1. The first-order chi connectivity index (χ1) is 12.9. The van der Waals surface area contributed by atoms with Crippen LogP contribution in [0.3, 0.4) is 0 Å². The monoisotopic (exact) mass is 386 g/mol. The van der Waals surface area contributed by atoms with Crippen molar-refractivity contribution in [1.82, 2.24) is 0 Å². The third-order valence-electron chi connectivity index (χ3n) is 3.08. The number of rotatable bonds is 8. The van der Waals surface area contributed by atoms with Crippen molar-refractivity contribution < 1.29 is 36.7 Å². The van der Waals surface area contributed by atoms with Crippen molar-refractivity contribution >= 4 is 17.8 Å². The lowest BCUT2D eigenvalue weighted by Crippen LogP contribution is -2.17. The minimum Gasteiger partial charge on any atom is -0.493 e. The summed E-state index contributed by atoms with van der Waals surface area (Å²) >= 11 is 0. The van der Waals surface area contributed by atoms with E-state index in [1.165, 1.54) is 31.5 Å². The molecule has 1 amide bonds. The predicted molar refractivity (Wildman–Crippen MR) is 88.2 cm³/mol. The minimum atomic E-state index is -2.99. The highest BCUT2D eigenvalue weighted by atomic mass is 19.3. The number of hydrogen-bond acceptors (Lipinski definition) is 5. The van der Waals surface area contributed by atoms with Crippen LogP contribution >= 0.6 is 0 Å². The van der Waals surface area contributed by atoms with Gasteiger partial charge in [-0.05, 0) is 30.3 Å². The fraction of sp³-hybridized carbons (Fsp3) is 0.176. The van der Waals surface area contributed by atoms with Gasteiger partial charge in [0, 0.05) is 11.6 Å². The van der Waals surface area contributed by atoms with Crippen LogP contribution in [0.5, 0.6) is 11.5 Å². The van der Waals surface area contributed by atoms with Gasteiger partial charge in [-0.1, -0.05) is 5.16 Å². The Labute approximate surface area is 151 Å². The minimum absolute atomic E-state index is 0.0591. The van der Waals surface area contributed by atoms with Gasteiger partial charge in [-0.2, -0.15) is 8.78 Å². The van der Waals surface area contributed by atoms with E-state index in [4.69, 9.17) is 9.57 Å². The smallest absolute Gasteiger partial charge is 0.387 e. The predicted octanol–water partition coefficient (Wildman–Crippen LogP) is 3.56. The summed E-state index contributed by atoms with van der Waals surface area (Å²) in [6.07, 6.45) is 1.21. The Morgan fingerprint density at radius 2 is 1.96 bits per heavy atom. The Morgan fingerprint density at radius 3 is 2.63 bits per heavy atom. The third-order valence-corrected chi connectivity index (χ3v) is 3.08. The average Bonchev–Trinajstić information content (AvgIpc) is 2.61. The van der Waals surface area contributed by atoms with Crippen molar-refractivity contribution in [2.24, 2.45) is 5.16 Å². The molecule has 2 aromatic carbocycles. The highest BCUT2D eigenvalue weighted by molar-refractivity contribution is 5.91. The molecular weight excluding hydrogens is 372 g/mol. The summed E-state index contributed by atoms with van der Waals surface area (Å²) < 4.78 is 59.9. The van der Waals surface area contributed by atoms with Crippen molar-refractivity contribution in [2.75, 3.05) is 19.0 Å². The zero-order valence-corrected chi connectivity index (χ0v) is 13.9. The normalized spacial score (nSPS) is 10.9. The van der Waals surface area contributed by atoms with Gasteiger partial charge in [-0.3, -0.25) is 4.79 Å². The molecule has 2 rings (SSSR count). The molecule has 0 fully saturated rings. The lowest BCUT2D eigenvalue weighted by molar-refractivity contribution is -0.120. The summed E-state index contributed by atoms with van der Waals surface area (Å²) in [6.45, 7) is -3.52. The van der Waals surface area contributed by atoms with Gasteiger partial charge in [0.2, 0.25) is 0 Å². The molecule has 144 valence electrons. The first-order valence-corrected chi connectivity index (χ1v) is 7.42. The summed E-state index contributed by atoms with van der Waals surface area (Å²) in [6, 6.07) is 6.74. The summed E-state index contributed by atoms with van der Waals surface area (Å²) in [5.41, 5.74) is 0.229. The molecule has 0 heterocycles. The lowest BCUT2D eigenvalue weighted by atomic mass is 10.2. The van der Waals surface area contributed by atoms with Crippen molar-refractivity contribution in [3.63, 3.8) is 0 Å². The number of nitrogens with one attached hydrogen (secondary N) is 1. The topological polar surface area (TPSA) is 69.2 Å². The number of nitrogens with zero attached hydrogens (tertiary/aromatic N) is 1. The first kappa shape index (κ1) is 20.0. The zero-order chi connectivity index (χ0) is 19.8. The molecule has 6 nitrogen and oxygen atoms in total. The van der Waals surface area contributed by atoms with Crippen molar-refractivity contribution in [1.29, 1.82) is 0 Å². The molecule has 0 aliphatic heterocycles. The Hall–Kier alpha value is -3.30. The van der Waals surface area contributed by atoms with Crippen LogP contribution in [0, 0.1) is 11.6 Å². The van der Waals surface area contributed by atoms with Crippen LogP contribution in [0.4, 0.5) is 23.2 Å². The highest BCUT2D eigenvalue weighted by Gasteiger charge is 2.11. The average molecular weight is 386 g/mol. The highest BCUT2D eigenvalue weighted by Crippen LogP contribution is 2.28. The van der Waals surface area contributed by atoms with E-state index in [1.54, 1.807) is 0 Å². The van der Waals surface area contributed by atoms with Crippen molar-refractivity contribution in [3.8, 4) is 11.5 Å². The first-order valence-electron chi connectivity index (χ1n) is 7.42. The molecule has 0 spiro atoms. The van der Waals surface area contributed by atoms with E-state index in [1.807, 2.05) is 0 Å². The molecule has 0 radical (unpaired) electrons. The largest absolute Gasteiger partial charge is 0.493 e. The molecule has 0 saturated heterocycles. The fourth-order valence-electron chi connectivity index (χ4n) is 1.93. The van der Waals surface area contributed by atoms with E-state index < -0.39 is 30.8 Å². The van der Waals surface area contributed by atoms with Gasteiger partial charge in [-0.15, -0.1) is 0 Å². The van der Waals surface area contributed by atoms with Crippen LogP contribution in [-0.4, -0.2) is 32.4 Å². The maximum absolute atomic E-state index is 13.4. The third kappa shape index (κ3) is 6.17. The molecule has 0 atom stereocenters. The van der Waals surface area contributed by atoms with Gasteiger partial charge >= 0.3 is 6.61 Å².